The van der Waals surface area contributed by atoms with Crippen molar-refractivity contribution in [3.63, 3.8) is 0 Å². The van der Waals surface area contributed by atoms with Gasteiger partial charge in [-0.05, 0) is 6.16 Å². The minimum atomic E-state index is -2.33. The summed E-state index contributed by atoms with van der Waals surface area (Å²) in [6, 6.07) is 0. The zero-order valence-electron chi connectivity index (χ0n) is 2.90. The maximum atomic E-state index is 8.33. The van der Waals surface area contributed by atoms with E-state index in [2.05, 4.69) is 0 Å². The van der Waals surface area contributed by atoms with Crippen LogP contribution in [0.4, 0.5) is 4.79 Å². The first kappa shape index (κ1) is 26.8. The van der Waals surface area contributed by atoms with Gasteiger partial charge in [-0.25, -0.2) is 0 Å². The second-order valence-electron chi connectivity index (χ2n) is 0.250. The Morgan fingerprint density at radius 1 is 1.29 bits per heavy atom. The molecule has 4 nitrogen and oxygen atoms in total. The molecule has 0 spiro atoms. The fraction of sp³-hybridized carbons (Fsp3) is 0. The molecule has 0 rings (SSSR count). The van der Waals surface area contributed by atoms with Crippen LogP contribution in [0.1, 0.15) is 0 Å². The molecular weight excluding hydrogens is 187 g/mol. The van der Waals surface area contributed by atoms with Crippen LogP contribution in [0.15, 0.2) is 0 Å². The van der Waals surface area contributed by atoms with E-state index in [4.69, 9.17) is 15.0 Å². The number of carbonyl (C=O) groups excluding carboxylic acids is 1. The van der Waals surface area contributed by atoms with E-state index in [0.717, 1.165) is 0 Å². The molecule has 0 aromatic rings. The maximum absolute atomic E-state index is 8.33. The second kappa shape index (κ2) is 16.3. The summed E-state index contributed by atoms with van der Waals surface area (Å²) in [7, 11) is 0. The Bertz CT molecular complexity index is 34.7. The first-order valence-corrected chi connectivity index (χ1v) is 0.612. The van der Waals surface area contributed by atoms with Crippen LogP contribution in [0, 0.1) is 0 Å². The van der Waals surface area contributed by atoms with Crippen LogP contribution in [0.25, 0.3) is 0 Å². The van der Waals surface area contributed by atoms with E-state index in [1.165, 1.54) is 0 Å². The molecule has 0 saturated carbocycles. The molecule has 0 aromatic heterocycles. The zero-order chi connectivity index (χ0) is 3.58. The number of hydrogen-bond acceptors (Lipinski definition) is 4. The quantitative estimate of drug-likeness (QED) is 0.388. The SMILES string of the molecule is O=C([O-])[O-].[Cr+3].[Ni+2].[OH-]. The van der Waals surface area contributed by atoms with Crippen molar-refractivity contribution in [3.05, 3.63) is 0 Å². The first-order valence-electron chi connectivity index (χ1n) is 0.612. The predicted molar refractivity (Wildman–Crippen MR) is 7.33 cm³/mol. The molecule has 1 radical (unpaired) electrons. The molecule has 0 heterocycles. The summed E-state index contributed by atoms with van der Waals surface area (Å²) in [6.45, 7) is 0. The van der Waals surface area contributed by atoms with Gasteiger partial charge in [-0.3, -0.25) is 0 Å². The van der Waals surface area contributed by atoms with Crippen LogP contribution in [-0.2, 0) is 33.9 Å². The summed E-state index contributed by atoms with van der Waals surface area (Å²) in [5, 5.41) is 16.7. The second-order valence-corrected chi connectivity index (χ2v) is 0.250. The van der Waals surface area contributed by atoms with E-state index in [1.807, 2.05) is 0 Å². The third kappa shape index (κ3) is 1730. The summed E-state index contributed by atoms with van der Waals surface area (Å²) in [5.74, 6) is 0. The van der Waals surface area contributed by atoms with Gasteiger partial charge in [-0.2, -0.15) is 0 Å². The van der Waals surface area contributed by atoms with Gasteiger partial charge in [-0.15, -0.1) is 0 Å². The van der Waals surface area contributed by atoms with E-state index < -0.39 is 6.16 Å². The molecule has 0 aliphatic heterocycles. The van der Waals surface area contributed by atoms with Crippen molar-refractivity contribution in [2.24, 2.45) is 0 Å². The van der Waals surface area contributed by atoms with E-state index >= 15 is 0 Å². The number of carbonyl (C=O) groups is 1. The molecule has 0 unspecified atom stereocenters. The molecule has 0 aromatic carbocycles. The Kier molecular flexibility index (Phi) is 62.4. The van der Waals surface area contributed by atoms with Gasteiger partial charge < -0.3 is 20.5 Å². The molecular formula is CHCrNiO4+2. The van der Waals surface area contributed by atoms with Crippen LogP contribution in [0.3, 0.4) is 0 Å². The number of hydrogen-bond donors (Lipinski definition) is 0. The largest absolute Gasteiger partial charge is 3.00 e. The summed E-state index contributed by atoms with van der Waals surface area (Å²) >= 11 is 0. The Labute approximate surface area is 60.9 Å². The molecule has 0 aliphatic rings. The fourth-order valence-electron chi connectivity index (χ4n) is 0. The molecule has 0 fully saturated rings. The topological polar surface area (TPSA) is 93.2 Å². The Hall–Kier alpha value is 0.256. The smallest absolute Gasteiger partial charge is 0.870 e. The van der Waals surface area contributed by atoms with Gasteiger partial charge in [0, 0.05) is 0 Å². The minimum Gasteiger partial charge on any atom is -0.870 e. The van der Waals surface area contributed by atoms with Crippen molar-refractivity contribution < 1.29 is 54.3 Å². The molecule has 7 heavy (non-hydrogen) atoms. The van der Waals surface area contributed by atoms with Gasteiger partial charge in [0.1, 0.15) is 0 Å². The van der Waals surface area contributed by atoms with Crippen molar-refractivity contribution in [2.75, 3.05) is 0 Å². The normalized spacial score (nSPS) is 3.43. The molecule has 0 atom stereocenters. The first-order chi connectivity index (χ1) is 1.73. The summed E-state index contributed by atoms with van der Waals surface area (Å²) in [5.41, 5.74) is 0. The van der Waals surface area contributed by atoms with Crippen molar-refractivity contribution in [1.82, 2.24) is 0 Å². The van der Waals surface area contributed by atoms with Gasteiger partial charge in [0.05, 0.1) is 0 Å². The van der Waals surface area contributed by atoms with Gasteiger partial charge in [-0.1, -0.05) is 0 Å². The Morgan fingerprint density at radius 3 is 1.29 bits per heavy atom. The minimum absolute atomic E-state index is 0. The van der Waals surface area contributed by atoms with Crippen LogP contribution in [0.5, 0.6) is 0 Å². The third-order valence-electron chi connectivity index (χ3n) is 0. The molecule has 0 aliphatic carbocycles. The van der Waals surface area contributed by atoms with Crippen molar-refractivity contribution in [2.45, 2.75) is 0 Å². The van der Waals surface area contributed by atoms with Crippen molar-refractivity contribution in [1.29, 1.82) is 0 Å². The van der Waals surface area contributed by atoms with E-state index in [9.17, 15) is 0 Å². The third-order valence-corrected chi connectivity index (χ3v) is 0. The summed E-state index contributed by atoms with van der Waals surface area (Å²) in [6.07, 6.45) is -2.33. The van der Waals surface area contributed by atoms with E-state index in [0.29, 0.717) is 0 Å². The van der Waals surface area contributed by atoms with Gasteiger partial charge in [0.25, 0.3) is 0 Å². The zero-order valence-corrected chi connectivity index (χ0v) is 5.16. The summed E-state index contributed by atoms with van der Waals surface area (Å²) < 4.78 is 0. The summed E-state index contributed by atoms with van der Waals surface area (Å²) in [4.78, 5) is 8.33. The molecule has 6 heteroatoms. The molecule has 0 amide bonds. The average Bonchev–Trinajstić information content (AvgIpc) is 0.811. The van der Waals surface area contributed by atoms with Gasteiger partial charge in [0.15, 0.2) is 0 Å². The monoisotopic (exact) mass is 187 g/mol. The fourth-order valence-corrected chi connectivity index (χ4v) is 0. The van der Waals surface area contributed by atoms with Crippen molar-refractivity contribution >= 4 is 6.16 Å². The van der Waals surface area contributed by atoms with Gasteiger partial charge >= 0.3 is 33.9 Å². The Morgan fingerprint density at radius 2 is 1.29 bits per heavy atom. The molecule has 43 valence electrons. The van der Waals surface area contributed by atoms with Crippen LogP contribution >= 0.6 is 0 Å². The van der Waals surface area contributed by atoms with Gasteiger partial charge in [0.2, 0.25) is 0 Å². The van der Waals surface area contributed by atoms with E-state index in [-0.39, 0.29) is 39.3 Å². The van der Waals surface area contributed by atoms with Crippen LogP contribution in [0.2, 0.25) is 0 Å². The molecule has 1 N–H and O–H groups in total. The number of rotatable bonds is 0. The van der Waals surface area contributed by atoms with E-state index in [1.54, 1.807) is 0 Å². The van der Waals surface area contributed by atoms with Crippen molar-refractivity contribution in [3.8, 4) is 0 Å². The number of carboxylic acid groups (broad SMARTS) is 2. The van der Waals surface area contributed by atoms with Crippen LogP contribution < -0.4 is 10.2 Å². The predicted octanol–water partition coefficient (Wildman–Crippen LogP) is -2.63. The molecule has 0 saturated heterocycles. The standard InChI is InChI=1S/CH2O3.Cr.Ni.H2O/c2-1(3)4;;;/h(H2,2,3,4);;;1H2/q;+3;+2;/p-3. The maximum Gasteiger partial charge on any atom is 3.00 e. The Balaban J connectivity index is -0.0000000150. The van der Waals surface area contributed by atoms with Crippen LogP contribution in [-0.4, -0.2) is 11.6 Å². The average molecular weight is 188 g/mol. The molecule has 0 bridgehead atoms.